The number of nitrogens with zero attached hydrogens (tertiary/aromatic N) is 1. The first-order valence-electron chi connectivity index (χ1n) is 5.37. The Balaban J connectivity index is 1.76. The number of likely N-dealkylation sites (tertiary alicyclic amines) is 1. The first-order chi connectivity index (χ1) is 7.15. The molecule has 4 heteroatoms. The van der Waals surface area contributed by atoms with E-state index in [0.717, 1.165) is 26.3 Å². The van der Waals surface area contributed by atoms with Crippen LogP contribution in [0.3, 0.4) is 0 Å². The molecule has 1 N–H and O–H groups in total. The van der Waals surface area contributed by atoms with Crippen LogP contribution >= 0.6 is 0 Å². The minimum absolute atomic E-state index is 0.0379. The first kappa shape index (κ1) is 10.6. The van der Waals surface area contributed by atoms with Crippen LogP contribution in [0.5, 0.6) is 0 Å². The van der Waals surface area contributed by atoms with Gasteiger partial charge in [0.15, 0.2) is 0 Å². The lowest BCUT2D eigenvalue weighted by Crippen LogP contribution is -2.67. The van der Waals surface area contributed by atoms with Crippen molar-refractivity contribution in [1.82, 2.24) is 10.2 Å². The summed E-state index contributed by atoms with van der Waals surface area (Å²) in [5, 5.41) is 2.57. The molecule has 1 amide bonds. The van der Waals surface area contributed by atoms with E-state index in [1.54, 1.807) is 13.1 Å². The average molecular weight is 210 g/mol. The van der Waals surface area contributed by atoms with E-state index in [2.05, 4.69) is 17.1 Å². The van der Waals surface area contributed by atoms with E-state index in [9.17, 15) is 4.79 Å². The summed E-state index contributed by atoms with van der Waals surface area (Å²) >= 11 is 0. The Morgan fingerprint density at radius 1 is 1.53 bits per heavy atom. The van der Waals surface area contributed by atoms with Crippen LogP contribution in [0.2, 0.25) is 0 Å². The molecule has 0 aliphatic carbocycles. The molecule has 84 valence electrons. The minimum Gasteiger partial charge on any atom is -0.380 e. The normalized spacial score (nSPS) is 26.0. The van der Waals surface area contributed by atoms with Crippen molar-refractivity contribution in [3.8, 4) is 0 Å². The highest BCUT2D eigenvalue weighted by molar-refractivity contribution is 5.87. The van der Waals surface area contributed by atoms with Gasteiger partial charge in [-0.15, -0.1) is 0 Å². The fourth-order valence-electron chi connectivity index (χ4n) is 2.11. The van der Waals surface area contributed by atoms with E-state index < -0.39 is 0 Å². The van der Waals surface area contributed by atoms with Crippen molar-refractivity contribution in [3.05, 3.63) is 12.2 Å². The van der Waals surface area contributed by atoms with Gasteiger partial charge in [0.1, 0.15) is 0 Å². The van der Waals surface area contributed by atoms with Crippen LogP contribution in [0.15, 0.2) is 12.2 Å². The van der Waals surface area contributed by atoms with Gasteiger partial charge in [-0.05, 0) is 6.92 Å². The number of rotatable bonds is 3. The lowest BCUT2D eigenvalue weighted by Gasteiger charge is -2.56. The standard InChI is InChI=1S/C11H18N2O2/c1-9(3-4-10(14)12-2)13-5-11(6-13)7-15-8-11/h3-4,9H,5-8H2,1-2H3,(H,12,14). The van der Waals surface area contributed by atoms with Crippen molar-refractivity contribution in [2.24, 2.45) is 5.41 Å². The largest absolute Gasteiger partial charge is 0.380 e. The van der Waals surface area contributed by atoms with E-state index in [1.807, 2.05) is 6.08 Å². The Hall–Kier alpha value is -0.870. The molecule has 0 saturated carbocycles. The summed E-state index contributed by atoms with van der Waals surface area (Å²) in [7, 11) is 1.64. The molecule has 2 saturated heterocycles. The highest BCUT2D eigenvalue weighted by Gasteiger charge is 2.49. The van der Waals surface area contributed by atoms with Crippen molar-refractivity contribution in [2.75, 3.05) is 33.4 Å². The second-order valence-corrected chi connectivity index (χ2v) is 4.61. The number of amides is 1. The van der Waals surface area contributed by atoms with Gasteiger partial charge in [-0.2, -0.15) is 0 Å². The molecule has 1 unspecified atom stereocenters. The van der Waals surface area contributed by atoms with E-state index in [0.29, 0.717) is 11.5 Å². The number of carbonyl (C=O) groups excluding carboxylic acids is 1. The van der Waals surface area contributed by atoms with Crippen LogP contribution in [-0.4, -0.2) is 50.2 Å². The third kappa shape index (κ3) is 2.06. The molecule has 0 aromatic rings. The van der Waals surface area contributed by atoms with Crippen LogP contribution in [0, 0.1) is 5.41 Å². The molecule has 4 nitrogen and oxygen atoms in total. The molecule has 1 atom stereocenters. The lowest BCUT2D eigenvalue weighted by atomic mass is 9.77. The zero-order chi connectivity index (χ0) is 10.9. The molecule has 2 fully saturated rings. The lowest BCUT2D eigenvalue weighted by molar-refractivity contribution is -0.193. The molecular formula is C11H18N2O2. The van der Waals surface area contributed by atoms with Gasteiger partial charge >= 0.3 is 0 Å². The molecule has 0 radical (unpaired) electrons. The summed E-state index contributed by atoms with van der Waals surface area (Å²) in [5.74, 6) is -0.0379. The molecular weight excluding hydrogens is 192 g/mol. The quantitative estimate of drug-likeness (QED) is 0.667. The maximum atomic E-state index is 11.0. The number of ether oxygens (including phenoxy) is 1. The summed E-state index contributed by atoms with van der Waals surface area (Å²) in [5.41, 5.74) is 0.453. The smallest absolute Gasteiger partial charge is 0.243 e. The van der Waals surface area contributed by atoms with Crippen LogP contribution in [0.1, 0.15) is 6.92 Å². The van der Waals surface area contributed by atoms with Crippen molar-refractivity contribution in [3.63, 3.8) is 0 Å². The van der Waals surface area contributed by atoms with Crippen molar-refractivity contribution >= 4 is 5.91 Å². The van der Waals surface area contributed by atoms with Gasteiger partial charge in [0.2, 0.25) is 5.91 Å². The molecule has 2 heterocycles. The number of nitrogens with one attached hydrogen (secondary N) is 1. The molecule has 2 aliphatic rings. The van der Waals surface area contributed by atoms with Crippen LogP contribution in [-0.2, 0) is 9.53 Å². The first-order valence-corrected chi connectivity index (χ1v) is 5.37. The molecule has 15 heavy (non-hydrogen) atoms. The van der Waals surface area contributed by atoms with Crippen LogP contribution in [0.4, 0.5) is 0 Å². The van der Waals surface area contributed by atoms with Crippen LogP contribution < -0.4 is 5.32 Å². The molecule has 2 rings (SSSR count). The van der Waals surface area contributed by atoms with E-state index in [-0.39, 0.29) is 5.91 Å². The number of hydrogen-bond donors (Lipinski definition) is 1. The number of carbonyl (C=O) groups is 1. The average Bonchev–Trinajstić information content (AvgIpc) is 2.09. The van der Waals surface area contributed by atoms with Gasteiger partial charge in [-0.25, -0.2) is 0 Å². The Bertz CT molecular complexity index is 276. The fraction of sp³-hybridized carbons (Fsp3) is 0.727. The summed E-state index contributed by atoms with van der Waals surface area (Å²) in [6, 6.07) is 0.341. The van der Waals surface area contributed by atoms with Crippen molar-refractivity contribution < 1.29 is 9.53 Å². The van der Waals surface area contributed by atoms with E-state index in [4.69, 9.17) is 4.74 Å². The summed E-state index contributed by atoms with van der Waals surface area (Å²) in [6.07, 6.45) is 3.55. The third-order valence-corrected chi connectivity index (χ3v) is 3.24. The molecule has 0 bridgehead atoms. The summed E-state index contributed by atoms with van der Waals surface area (Å²) in [4.78, 5) is 13.4. The molecule has 0 aromatic carbocycles. The van der Waals surface area contributed by atoms with E-state index in [1.165, 1.54) is 0 Å². The van der Waals surface area contributed by atoms with Gasteiger partial charge in [0.25, 0.3) is 0 Å². The Labute approximate surface area is 90.3 Å². The molecule has 2 aliphatic heterocycles. The maximum absolute atomic E-state index is 11.0. The Kier molecular flexibility index (Phi) is 2.80. The van der Waals surface area contributed by atoms with Crippen molar-refractivity contribution in [2.45, 2.75) is 13.0 Å². The number of hydrogen-bond acceptors (Lipinski definition) is 3. The highest BCUT2D eigenvalue weighted by atomic mass is 16.5. The number of likely N-dealkylation sites (N-methyl/N-ethyl adjacent to an activating group) is 1. The summed E-state index contributed by atoms with van der Waals surface area (Å²) in [6.45, 7) is 6.15. The Morgan fingerprint density at radius 3 is 2.67 bits per heavy atom. The highest BCUT2D eigenvalue weighted by Crippen LogP contribution is 2.38. The minimum atomic E-state index is -0.0379. The SMILES string of the molecule is CNC(=O)C=CC(C)N1CC2(COC2)C1. The predicted molar refractivity (Wildman–Crippen MR) is 57.5 cm³/mol. The maximum Gasteiger partial charge on any atom is 0.243 e. The van der Waals surface area contributed by atoms with Gasteiger partial charge in [-0.3, -0.25) is 9.69 Å². The van der Waals surface area contributed by atoms with Gasteiger partial charge < -0.3 is 10.1 Å². The second-order valence-electron chi connectivity index (χ2n) is 4.61. The monoisotopic (exact) mass is 210 g/mol. The van der Waals surface area contributed by atoms with Gasteiger partial charge in [0, 0.05) is 37.7 Å². The Morgan fingerprint density at radius 2 is 2.20 bits per heavy atom. The third-order valence-electron chi connectivity index (χ3n) is 3.24. The second kappa shape index (κ2) is 3.94. The van der Waals surface area contributed by atoms with Gasteiger partial charge in [0.05, 0.1) is 13.2 Å². The summed E-state index contributed by atoms with van der Waals surface area (Å²) < 4.78 is 5.21. The fourth-order valence-corrected chi connectivity index (χ4v) is 2.11. The van der Waals surface area contributed by atoms with Gasteiger partial charge in [-0.1, -0.05) is 6.08 Å². The molecule has 1 spiro atoms. The topological polar surface area (TPSA) is 41.6 Å². The predicted octanol–water partition coefficient (Wildman–Crippen LogP) is 0.00930. The zero-order valence-corrected chi connectivity index (χ0v) is 9.32. The van der Waals surface area contributed by atoms with E-state index >= 15 is 0 Å². The molecule has 0 aromatic heterocycles. The zero-order valence-electron chi connectivity index (χ0n) is 9.32. The van der Waals surface area contributed by atoms with Crippen LogP contribution in [0.25, 0.3) is 0 Å². The van der Waals surface area contributed by atoms with Crippen molar-refractivity contribution in [1.29, 1.82) is 0 Å².